The predicted molar refractivity (Wildman–Crippen MR) is 46.2 cm³/mol. The van der Waals surface area contributed by atoms with Crippen molar-refractivity contribution in [2.75, 3.05) is 13.2 Å². The molecule has 2 aliphatic rings. The molecule has 2 nitrogen and oxygen atoms in total. The maximum absolute atomic E-state index is 3.45. The Morgan fingerprint density at radius 3 is 3.18 bits per heavy atom. The van der Waals surface area contributed by atoms with Crippen molar-refractivity contribution < 1.29 is 0 Å². The third-order valence-electron chi connectivity index (χ3n) is 2.63. The van der Waals surface area contributed by atoms with Crippen molar-refractivity contribution in [2.24, 2.45) is 5.92 Å². The van der Waals surface area contributed by atoms with Gasteiger partial charge in [0.15, 0.2) is 0 Å². The summed E-state index contributed by atoms with van der Waals surface area (Å²) in [4.78, 5) is 0. The standard InChI is InChI=1S/C9H14N2/c1-9-5-3-2-4-8(9)6-10-7-11-9/h2-5,8,10-11H,6-7H2,1H3. The predicted octanol–water partition coefficient (Wildman–Crippen LogP) is 0.638. The molecule has 1 fully saturated rings. The van der Waals surface area contributed by atoms with Gasteiger partial charge in [-0.15, -0.1) is 0 Å². The average molecular weight is 150 g/mol. The Morgan fingerprint density at radius 2 is 2.36 bits per heavy atom. The molecule has 2 unspecified atom stereocenters. The minimum atomic E-state index is 0.194. The lowest BCUT2D eigenvalue weighted by atomic mass is 9.81. The van der Waals surface area contributed by atoms with Crippen molar-refractivity contribution >= 4 is 0 Å². The number of allylic oxidation sites excluding steroid dienone is 2. The van der Waals surface area contributed by atoms with Gasteiger partial charge in [0.05, 0.1) is 0 Å². The average Bonchev–Trinajstić information content (AvgIpc) is 2.03. The third kappa shape index (κ3) is 1.12. The molecule has 2 heteroatoms. The maximum atomic E-state index is 3.45. The summed E-state index contributed by atoms with van der Waals surface area (Å²) in [7, 11) is 0. The van der Waals surface area contributed by atoms with Gasteiger partial charge in [-0.3, -0.25) is 5.32 Å². The Bertz CT molecular complexity index is 208. The van der Waals surface area contributed by atoms with E-state index in [1.165, 1.54) is 0 Å². The highest BCUT2D eigenvalue weighted by molar-refractivity contribution is 5.24. The summed E-state index contributed by atoms with van der Waals surface area (Å²) < 4.78 is 0. The Labute approximate surface area is 67.4 Å². The van der Waals surface area contributed by atoms with E-state index in [1.807, 2.05) is 0 Å². The van der Waals surface area contributed by atoms with Crippen LogP contribution in [0.1, 0.15) is 6.92 Å². The highest BCUT2D eigenvalue weighted by Gasteiger charge is 2.32. The SMILES string of the molecule is CC12C=CC=CC1CNCN2. The topological polar surface area (TPSA) is 24.1 Å². The molecule has 0 amide bonds. The summed E-state index contributed by atoms with van der Waals surface area (Å²) in [6, 6.07) is 0. The first-order chi connectivity index (χ1) is 5.31. The van der Waals surface area contributed by atoms with Gasteiger partial charge in [-0.05, 0) is 6.92 Å². The summed E-state index contributed by atoms with van der Waals surface area (Å²) in [5, 5.41) is 6.76. The van der Waals surface area contributed by atoms with Crippen LogP contribution in [0.4, 0.5) is 0 Å². The van der Waals surface area contributed by atoms with Crippen LogP contribution in [0.2, 0.25) is 0 Å². The van der Waals surface area contributed by atoms with Gasteiger partial charge in [0.25, 0.3) is 0 Å². The van der Waals surface area contributed by atoms with Gasteiger partial charge in [-0.25, -0.2) is 0 Å². The van der Waals surface area contributed by atoms with Gasteiger partial charge in [0.1, 0.15) is 0 Å². The number of nitrogens with one attached hydrogen (secondary N) is 2. The molecule has 1 aliphatic heterocycles. The molecular formula is C9H14N2. The molecule has 1 heterocycles. The Kier molecular flexibility index (Phi) is 1.59. The lowest BCUT2D eigenvalue weighted by Crippen LogP contribution is -2.58. The van der Waals surface area contributed by atoms with E-state index in [0.29, 0.717) is 5.92 Å². The van der Waals surface area contributed by atoms with Crippen molar-refractivity contribution in [1.82, 2.24) is 10.6 Å². The number of fused-ring (bicyclic) bond motifs is 1. The summed E-state index contributed by atoms with van der Waals surface area (Å²) >= 11 is 0. The van der Waals surface area contributed by atoms with Crippen LogP contribution < -0.4 is 10.6 Å². The van der Waals surface area contributed by atoms with E-state index in [2.05, 4.69) is 41.9 Å². The first-order valence-corrected chi connectivity index (χ1v) is 4.13. The largest absolute Gasteiger partial charge is 0.304 e. The smallest absolute Gasteiger partial charge is 0.0461 e. The van der Waals surface area contributed by atoms with Crippen molar-refractivity contribution in [2.45, 2.75) is 12.5 Å². The summed E-state index contributed by atoms with van der Waals surface area (Å²) in [5.74, 6) is 0.612. The van der Waals surface area contributed by atoms with E-state index in [4.69, 9.17) is 0 Å². The first kappa shape index (κ1) is 7.07. The summed E-state index contributed by atoms with van der Waals surface area (Å²) in [5.41, 5.74) is 0.194. The highest BCUT2D eigenvalue weighted by Crippen LogP contribution is 2.24. The molecule has 0 bridgehead atoms. The van der Waals surface area contributed by atoms with E-state index in [0.717, 1.165) is 13.2 Å². The molecule has 2 N–H and O–H groups in total. The fourth-order valence-electron chi connectivity index (χ4n) is 1.73. The lowest BCUT2D eigenvalue weighted by molar-refractivity contribution is 0.264. The zero-order chi connectivity index (χ0) is 7.73. The molecule has 1 saturated heterocycles. The lowest BCUT2D eigenvalue weighted by Gasteiger charge is -2.40. The summed E-state index contributed by atoms with van der Waals surface area (Å²) in [6.45, 7) is 4.26. The fourth-order valence-corrected chi connectivity index (χ4v) is 1.73. The Hall–Kier alpha value is -0.600. The molecular weight excluding hydrogens is 136 g/mol. The monoisotopic (exact) mass is 150 g/mol. The maximum Gasteiger partial charge on any atom is 0.0461 e. The molecule has 2 atom stereocenters. The fraction of sp³-hybridized carbons (Fsp3) is 0.556. The molecule has 0 aromatic rings. The second kappa shape index (κ2) is 2.47. The van der Waals surface area contributed by atoms with Crippen LogP contribution in [0.25, 0.3) is 0 Å². The van der Waals surface area contributed by atoms with Crippen LogP contribution in [0.3, 0.4) is 0 Å². The van der Waals surface area contributed by atoms with E-state index in [1.54, 1.807) is 0 Å². The third-order valence-corrected chi connectivity index (χ3v) is 2.63. The number of rotatable bonds is 0. The van der Waals surface area contributed by atoms with Crippen LogP contribution >= 0.6 is 0 Å². The van der Waals surface area contributed by atoms with Gasteiger partial charge in [0, 0.05) is 24.7 Å². The van der Waals surface area contributed by atoms with Gasteiger partial charge < -0.3 is 5.32 Å². The van der Waals surface area contributed by atoms with E-state index < -0.39 is 0 Å². The Balaban J connectivity index is 2.22. The van der Waals surface area contributed by atoms with Crippen molar-refractivity contribution in [3.8, 4) is 0 Å². The van der Waals surface area contributed by atoms with Crippen LogP contribution in [0.5, 0.6) is 0 Å². The molecule has 60 valence electrons. The van der Waals surface area contributed by atoms with Crippen LogP contribution in [-0.2, 0) is 0 Å². The van der Waals surface area contributed by atoms with Gasteiger partial charge in [-0.1, -0.05) is 24.3 Å². The van der Waals surface area contributed by atoms with Crippen molar-refractivity contribution in [1.29, 1.82) is 0 Å². The second-order valence-corrected chi connectivity index (χ2v) is 3.44. The highest BCUT2D eigenvalue weighted by atomic mass is 15.1. The zero-order valence-corrected chi connectivity index (χ0v) is 6.80. The molecule has 1 aliphatic carbocycles. The second-order valence-electron chi connectivity index (χ2n) is 3.44. The summed E-state index contributed by atoms with van der Waals surface area (Å²) in [6.07, 6.45) is 8.76. The Morgan fingerprint density at radius 1 is 1.45 bits per heavy atom. The van der Waals surface area contributed by atoms with Gasteiger partial charge in [0.2, 0.25) is 0 Å². The molecule has 11 heavy (non-hydrogen) atoms. The van der Waals surface area contributed by atoms with Crippen LogP contribution in [0.15, 0.2) is 24.3 Å². The van der Waals surface area contributed by atoms with Crippen molar-refractivity contribution in [3.63, 3.8) is 0 Å². The normalized spacial score (nSPS) is 42.1. The number of hydrogen-bond donors (Lipinski definition) is 2. The van der Waals surface area contributed by atoms with Gasteiger partial charge in [-0.2, -0.15) is 0 Å². The van der Waals surface area contributed by atoms with Crippen LogP contribution in [0, 0.1) is 5.92 Å². The zero-order valence-electron chi connectivity index (χ0n) is 6.80. The molecule has 0 aromatic carbocycles. The molecule has 0 aromatic heterocycles. The molecule has 0 spiro atoms. The van der Waals surface area contributed by atoms with E-state index in [-0.39, 0.29) is 5.54 Å². The van der Waals surface area contributed by atoms with E-state index in [9.17, 15) is 0 Å². The first-order valence-electron chi connectivity index (χ1n) is 4.13. The quantitative estimate of drug-likeness (QED) is 0.529. The number of hydrogen-bond acceptors (Lipinski definition) is 2. The van der Waals surface area contributed by atoms with Crippen molar-refractivity contribution in [3.05, 3.63) is 24.3 Å². The van der Waals surface area contributed by atoms with Gasteiger partial charge >= 0.3 is 0 Å². The molecule has 0 radical (unpaired) electrons. The molecule has 2 rings (SSSR count). The van der Waals surface area contributed by atoms with E-state index >= 15 is 0 Å². The minimum Gasteiger partial charge on any atom is -0.304 e. The minimum absolute atomic E-state index is 0.194. The van der Waals surface area contributed by atoms with Crippen LogP contribution in [-0.4, -0.2) is 18.8 Å². The molecule has 0 saturated carbocycles.